The maximum atomic E-state index is 6.59. The topological polar surface area (TPSA) is 41.7 Å². The second-order valence-corrected chi connectivity index (χ2v) is 6.60. The van der Waals surface area contributed by atoms with E-state index in [-0.39, 0.29) is 6.04 Å². The Morgan fingerprint density at radius 2 is 2.10 bits per heavy atom. The monoisotopic (exact) mass is 289 g/mol. The number of likely N-dealkylation sites (tertiary alicyclic amines) is 1. The van der Waals surface area contributed by atoms with Crippen molar-refractivity contribution in [3.8, 4) is 5.75 Å². The minimum atomic E-state index is 0.126. The second kappa shape index (κ2) is 5.95. The molecule has 0 amide bonds. The zero-order chi connectivity index (χ0) is 15.0. The number of hydrogen-bond donors (Lipinski definition) is 1. The summed E-state index contributed by atoms with van der Waals surface area (Å²) in [6, 6.07) is 7.63. The number of hydrogen-bond acceptors (Lipinski definition) is 4. The lowest BCUT2D eigenvalue weighted by Crippen LogP contribution is -2.45. The standard InChI is InChI=1S/C17H27N3O/c1-19(2)13-8-9-20(11-13)16-7-4-12-10-14(21-3)5-6-15(12)17(16)18/h5-6,10,13,16-17H,4,7-9,11,18H2,1-3H3. The number of ether oxygens (including phenoxy) is 1. The fourth-order valence-corrected chi connectivity index (χ4v) is 3.84. The lowest BCUT2D eigenvalue weighted by molar-refractivity contribution is 0.175. The predicted molar refractivity (Wildman–Crippen MR) is 85.7 cm³/mol. The summed E-state index contributed by atoms with van der Waals surface area (Å²) in [5.41, 5.74) is 9.26. The molecule has 3 rings (SSSR count). The molecule has 3 atom stereocenters. The molecule has 2 N–H and O–H groups in total. The van der Waals surface area contributed by atoms with E-state index in [4.69, 9.17) is 10.5 Å². The van der Waals surface area contributed by atoms with Gasteiger partial charge in [0.2, 0.25) is 0 Å². The molecule has 3 unspecified atom stereocenters. The molecule has 21 heavy (non-hydrogen) atoms. The Hall–Kier alpha value is -1.10. The molecule has 1 aromatic carbocycles. The molecule has 0 aromatic heterocycles. The molecule has 4 heteroatoms. The SMILES string of the molecule is COc1ccc2c(c1)CCC(N1CCC(N(C)C)C1)C2N. The van der Waals surface area contributed by atoms with Crippen LogP contribution in [0.25, 0.3) is 0 Å². The summed E-state index contributed by atoms with van der Waals surface area (Å²) in [6.07, 6.45) is 3.52. The summed E-state index contributed by atoms with van der Waals surface area (Å²) < 4.78 is 5.33. The van der Waals surface area contributed by atoms with Gasteiger partial charge in [-0.3, -0.25) is 4.90 Å². The average molecular weight is 289 g/mol. The first-order valence-electron chi connectivity index (χ1n) is 7.93. The Kier molecular flexibility index (Phi) is 4.20. The smallest absolute Gasteiger partial charge is 0.119 e. The van der Waals surface area contributed by atoms with Gasteiger partial charge in [0, 0.05) is 31.2 Å². The highest BCUT2D eigenvalue weighted by Gasteiger charge is 2.35. The highest BCUT2D eigenvalue weighted by atomic mass is 16.5. The Morgan fingerprint density at radius 3 is 2.76 bits per heavy atom. The Bertz CT molecular complexity index is 503. The van der Waals surface area contributed by atoms with E-state index < -0.39 is 0 Å². The van der Waals surface area contributed by atoms with E-state index in [0.717, 1.165) is 25.1 Å². The molecule has 1 aliphatic carbocycles. The van der Waals surface area contributed by atoms with Crippen molar-refractivity contribution in [2.24, 2.45) is 5.73 Å². The van der Waals surface area contributed by atoms with Crippen LogP contribution in [0.3, 0.4) is 0 Å². The summed E-state index contributed by atoms with van der Waals surface area (Å²) in [5.74, 6) is 0.938. The van der Waals surface area contributed by atoms with E-state index in [1.165, 1.54) is 24.1 Å². The largest absolute Gasteiger partial charge is 0.497 e. The summed E-state index contributed by atoms with van der Waals surface area (Å²) in [7, 11) is 6.08. The summed E-state index contributed by atoms with van der Waals surface area (Å²) in [5, 5.41) is 0. The van der Waals surface area contributed by atoms with E-state index in [9.17, 15) is 0 Å². The van der Waals surface area contributed by atoms with Gasteiger partial charge in [0.15, 0.2) is 0 Å². The van der Waals surface area contributed by atoms with Crippen LogP contribution >= 0.6 is 0 Å². The first-order valence-corrected chi connectivity index (χ1v) is 7.93. The van der Waals surface area contributed by atoms with Gasteiger partial charge in [-0.15, -0.1) is 0 Å². The molecule has 1 aromatic rings. The van der Waals surface area contributed by atoms with E-state index in [0.29, 0.717) is 12.1 Å². The van der Waals surface area contributed by atoms with E-state index in [2.05, 4.69) is 36.0 Å². The van der Waals surface area contributed by atoms with Crippen molar-refractivity contribution in [1.29, 1.82) is 0 Å². The van der Waals surface area contributed by atoms with E-state index in [1.807, 2.05) is 6.07 Å². The fraction of sp³-hybridized carbons (Fsp3) is 0.647. The molecule has 1 heterocycles. The predicted octanol–water partition coefficient (Wildman–Crippen LogP) is 1.65. The van der Waals surface area contributed by atoms with Crippen molar-refractivity contribution in [2.45, 2.75) is 37.4 Å². The van der Waals surface area contributed by atoms with Gasteiger partial charge in [-0.05, 0) is 56.6 Å². The molecule has 2 aliphatic rings. The number of benzene rings is 1. The molecule has 0 saturated carbocycles. The lowest BCUT2D eigenvalue weighted by atomic mass is 9.83. The van der Waals surface area contributed by atoms with Gasteiger partial charge >= 0.3 is 0 Å². The maximum Gasteiger partial charge on any atom is 0.119 e. The third-order valence-corrected chi connectivity index (χ3v) is 5.23. The minimum Gasteiger partial charge on any atom is -0.497 e. The van der Waals surface area contributed by atoms with Crippen molar-refractivity contribution >= 4 is 0 Å². The molecule has 4 nitrogen and oxygen atoms in total. The number of fused-ring (bicyclic) bond motifs is 1. The van der Waals surface area contributed by atoms with Crippen LogP contribution in [0.1, 0.15) is 30.0 Å². The molecule has 0 spiro atoms. The van der Waals surface area contributed by atoms with Crippen LogP contribution in [0.5, 0.6) is 5.75 Å². The molecule has 1 fully saturated rings. The normalized spacial score (nSPS) is 29.7. The van der Waals surface area contributed by atoms with Gasteiger partial charge in [-0.25, -0.2) is 0 Å². The van der Waals surface area contributed by atoms with Crippen LogP contribution in [0.4, 0.5) is 0 Å². The van der Waals surface area contributed by atoms with Crippen molar-refractivity contribution in [1.82, 2.24) is 9.80 Å². The molecule has 1 saturated heterocycles. The Morgan fingerprint density at radius 1 is 1.29 bits per heavy atom. The van der Waals surface area contributed by atoms with Crippen LogP contribution < -0.4 is 10.5 Å². The van der Waals surface area contributed by atoms with Crippen LogP contribution in [-0.4, -0.2) is 56.2 Å². The van der Waals surface area contributed by atoms with Gasteiger partial charge in [-0.2, -0.15) is 0 Å². The Labute approximate surface area is 127 Å². The second-order valence-electron chi connectivity index (χ2n) is 6.60. The highest BCUT2D eigenvalue weighted by Crippen LogP contribution is 2.35. The van der Waals surface area contributed by atoms with Gasteiger partial charge in [-0.1, -0.05) is 6.07 Å². The zero-order valence-corrected chi connectivity index (χ0v) is 13.4. The lowest BCUT2D eigenvalue weighted by Gasteiger charge is -2.37. The quantitative estimate of drug-likeness (QED) is 0.918. The van der Waals surface area contributed by atoms with Crippen molar-refractivity contribution in [3.63, 3.8) is 0 Å². The van der Waals surface area contributed by atoms with Crippen molar-refractivity contribution in [2.75, 3.05) is 34.3 Å². The van der Waals surface area contributed by atoms with Crippen molar-refractivity contribution in [3.05, 3.63) is 29.3 Å². The third kappa shape index (κ3) is 2.80. The van der Waals surface area contributed by atoms with Gasteiger partial charge in [0.1, 0.15) is 5.75 Å². The molecule has 0 bridgehead atoms. The number of likely N-dealkylation sites (N-methyl/N-ethyl adjacent to an activating group) is 1. The number of nitrogens with two attached hydrogens (primary N) is 1. The van der Waals surface area contributed by atoms with E-state index in [1.54, 1.807) is 7.11 Å². The zero-order valence-electron chi connectivity index (χ0n) is 13.4. The minimum absolute atomic E-state index is 0.126. The molecule has 116 valence electrons. The Balaban J connectivity index is 1.75. The molecular weight excluding hydrogens is 262 g/mol. The summed E-state index contributed by atoms with van der Waals surface area (Å²) in [4.78, 5) is 4.94. The summed E-state index contributed by atoms with van der Waals surface area (Å²) in [6.45, 7) is 2.32. The number of nitrogens with zero attached hydrogens (tertiary/aromatic N) is 2. The molecule has 0 radical (unpaired) electrons. The number of methoxy groups -OCH3 is 1. The van der Waals surface area contributed by atoms with Crippen LogP contribution in [0.2, 0.25) is 0 Å². The van der Waals surface area contributed by atoms with Crippen molar-refractivity contribution < 1.29 is 4.74 Å². The van der Waals surface area contributed by atoms with Crippen LogP contribution in [0, 0.1) is 0 Å². The molecular formula is C17H27N3O. The van der Waals surface area contributed by atoms with Gasteiger partial charge in [0.05, 0.1) is 7.11 Å². The average Bonchev–Trinajstić information content (AvgIpc) is 2.97. The van der Waals surface area contributed by atoms with Crippen LogP contribution in [0.15, 0.2) is 18.2 Å². The first kappa shape index (κ1) is 14.8. The third-order valence-electron chi connectivity index (χ3n) is 5.23. The molecule has 1 aliphatic heterocycles. The number of rotatable bonds is 3. The fourth-order valence-electron chi connectivity index (χ4n) is 3.84. The number of aryl methyl sites for hydroxylation is 1. The first-order chi connectivity index (χ1) is 10.1. The maximum absolute atomic E-state index is 6.59. The van der Waals surface area contributed by atoms with Crippen LogP contribution in [-0.2, 0) is 6.42 Å². The van der Waals surface area contributed by atoms with Gasteiger partial charge < -0.3 is 15.4 Å². The summed E-state index contributed by atoms with van der Waals surface area (Å²) >= 11 is 0. The highest BCUT2D eigenvalue weighted by molar-refractivity contribution is 5.40. The van der Waals surface area contributed by atoms with E-state index >= 15 is 0 Å². The van der Waals surface area contributed by atoms with Gasteiger partial charge in [0.25, 0.3) is 0 Å².